The summed E-state index contributed by atoms with van der Waals surface area (Å²) in [6.07, 6.45) is 0.955. The van der Waals surface area contributed by atoms with Crippen LogP contribution < -0.4 is 11.5 Å². The Labute approximate surface area is 149 Å². The largest absolute Gasteiger partial charge is 0.384 e. The van der Waals surface area contributed by atoms with Crippen molar-refractivity contribution in [3.05, 3.63) is 52.5 Å². The van der Waals surface area contributed by atoms with Crippen molar-refractivity contribution in [3.8, 4) is 11.3 Å². The van der Waals surface area contributed by atoms with E-state index < -0.39 is 0 Å². The molecule has 7 heteroatoms. The molecular formula is C18H18N6S. The number of nitrogen functional groups attached to an aromatic ring is 2. The maximum Gasteiger partial charge on any atom is 0.160 e. The number of hydrogen-bond donors (Lipinski definition) is 2. The molecule has 4 aromatic rings. The molecule has 0 saturated carbocycles. The molecular weight excluding hydrogens is 332 g/mol. The third-order valence-corrected chi connectivity index (χ3v) is 4.88. The molecule has 0 saturated heterocycles. The van der Waals surface area contributed by atoms with Crippen molar-refractivity contribution in [1.82, 2.24) is 19.5 Å². The van der Waals surface area contributed by atoms with Crippen LogP contribution in [0.4, 0.5) is 11.6 Å². The first kappa shape index (κ1) is 15.6. The molecule has 0 bridgehead atoms. The quantitative estimate of drug-likeness (QED) is 0.589. The van der Waals surface area contributed by atoms with E-state index in [-0.39, 0.29) is 0 Å². The monoisotopic (exact) mass is 350 g/mol. The second-order valence-electron chi connectivity index (χ2n) is 5.94. The van der Waals surface area contributed by atoms with E-state index >= 15 is 0 Å². The fourth-order valence-corrected chi connectivity index (χ4v) is 3.64. The van der Waals surface area contributed by atoms with Crippen molar-refractivity contribution in [1.29, 1.82) is 0 Å². The van der Waals surface area contributed by atoms with E-state index in [0.717, 1.165) is 41.2 Å². The summed E-state index contributed by atoms with van der Waals surface area (Å²) >= 11 is 1.72. The summed E-state index contributed by atoms with van der Waals surface area (Å²) < 4.78 is 2.16. The molecule has 126 valence electrons. The molecule has 0 unspecified atom stereocenters. The van der Waals surface area contributed by atoms with Crippen molar-refractivity contribution in [2.75, 3.05) is 11.5 Å². The Kier molecular flexibility index (Phi) is 3.85. The van der Waals surface area contributed by atoms with Gasteiger partial charge >= 0.3 is 0 Å². The fourth-order valence-electron chi connectivity index (χ4n) is 2.94. The van der Waals surface area contributed by atoms with Crippen LogP contribution in [0.2, 0.25) is 0 Å². The van der Waals surface area contributed by atoms with Gasteiger partial charge in [-0.1, -0.05) is 0 Å². The first-order valence-corrected chi connectivity index (χ1v) is 8.93. The number of rotatable bonds is 4. The van der Waals surface area contributed by atoms with Crippen molar-refractivity contribution in [3.63, 3.8) is 0 Å². The SMILES string of the molecule is Cc1nc2ccc(-c3cc(N)nc(N)c3)nc2n1CCc1ccsc1. The summed E-state index contributed by atoms with van der Waals surface area (Å²) in [7, 11) is 0. The average molecular weight is 350 g/mol. The number of aromatic nitrogens is 4. The predicted molar refractivity (Wildman–Crippen MR) is 102 cm³/mol. The molecule has 4 rings (SSSR count). The molecule has 0 radical (unpaired) electrons. The van der Waals surface area contributed by atoms with Gasteiger partial charge in [-0.3, -0.25) is 0 Å². The molecule has 0 aliphatic heterocycles. The molecule has 0 fully saturated rings. The summed E-state index contributed by atoms with van der Waals surface area (Å²) in [5.74, 6) is 1.74. The van der Waals surface area contributed by atoms with Gasteiger partial charge in [-0.25, -0.2) is 15.0 Å². The Balaban J connectivity index is 1.75. The van der Waals surface area contributed by atoms with Gasteiger partial charge in [-0.15, -0.1) is 0 Å². The molecule has 25 heavy (non-hydrogen) atoms. The third kappa shape index (κ3) is 3.06. The molecule has 4 aromatic heterocycles. The number of anilines is 2. The van der Waals surface area contributed by atoms with Crippen LogP contribution in [0.1, 0.15) is 11.4 Å². The van der Waals surface area contributed by atoms with Gasteiger partial charge in [0.05, 0.1) is 5.69 Å². The van der Waals surface area contributed by atoms with Crippen molar-refractivity contribution in [2.24, 2.45) is 0 Å². The lowest BCUT2D eigenvalue weighted by Gasteiger charge is -2.07. The first-order chi connectivity index (χ1) is 12.1. The Morgan fingerprint density at radius 1 is 1.04 bits per heavy atom. The molecule has 6 nitrogen and oxygen atoms in total. The number of aryl methyl sites for hydroxylation is 3. The van der Waals surface area contributed by atoms with E-state index in [2.05, 4.69) is 31.4 Å². The van der Waals surface area contributed by atoms with Gasteiger partial charge in [0.15, 0.2) is 5.65 Å². The van der Waals surface area contributed by atoms with Gasteiger partial charge < -0.3 is 16.0 Å². The lowest BCUT2D eigenvalue weighted by Crippen LogP contribution is -2.04. The smallest absolute Gasteiger partial charge is 0.160 e. The first-order valence-electron chi connectivity index (χ1n) is 7.98. The minimum atomic E-state index is 0.388. The molecule has 0 aromatic carbocycles. The number of hydrogen-bond acceptors (Lipinski definition) is 6. The molecule has 0 aliphatic carbocycles. The van der Waals surface area contributed by atoms with Crippen LogP contribution >= 0.6 is 11.3 Å². The average Bonchev–Trinajstić information content (AvgIpc) is 3.18. The van der Waals surface area contributed by atoms with Crippen LogP contribution in [0, 0.1) is 6.92 Å². The normalized spacial score (nSPS) is 11.2. The minimum Gasteiger partial charge on any atom is -0.384 e. The topological polar surface area (TPSA) is 95.6 Å². The number of fused-ring (bicyclic) bond motifs is 1. The van der Waals surface area contributed by atoms with Gasteiger partial charge in [-0.05, 0) is 60.0 Å². The summed E-state index contributed by atoms with van der Waals surface area (Å²) in [6.45, 7) is 2.85. The van der Waals surface area contributed by atoms with E-state index in [1.165, 1.54) is 5.56 Å². The highest BCUT2D eigenvalue weighted by Gasteiger charge is 2.11. The third-order valence-electron chi connectivity index (χ3n) is 4.15. The number of nitrogens with two attached hydrogens (primary N) is 2. The predicted octanol–water partition coefficient (Wildman–Crippen LogP) is 3.27. The zero-order valence-electron chi connectivity index (χ0n) is 13.8. The maximum absolute atomic E-state index is 5.81. The van der Waals surface area contributed by atoms with Crippen LogP contribution in [0.15, 0.2) is 41.1 Å². The summed E-state index contributed by atoms with van der Waals surface area (Å²) in [6, 6.07) is 9.64. The number of pyridine rings is 2. The second-order valence-corrected chi connectivity index (χ2v) is 6.72. The van der Waals surface area contributed by atoms with Crippen LogP contribution in [0.25, 0.3) is 22.4 Å². The summed E-state index contributed by atoms with van der Waals surface area (Å²) in [4.78, 5) is 13.4. The van der Waals surface area contributed by atoms with Crippen LogP contribution in [0.3, 0.4) is 0 Å². The molecule has 4 heterocycles. The number of nitrogens with zero attached hydrogens (tertiary/aromatic N) is 4. The highest BCUT2D eigenvalue weighted by atomic mass is 32.1. The Hall–Kier alpha value is -2.93. The molecule has 0 amide bonds. The van der Waals surface area contributed by atoms with Crippen LogP contribution in [-0.4, -0.2) is 19.5 Å². The highest BCUT2D eigenvalue weighted by Crippen LogP contribution is 2.24. The van der Waals surface area contributed by atoms with E-state index in [1.54, 1.807) is 23.5 Å². The van der Waals surface area contributed by atoms with Gasteiger partial charge in [0.25, 0.3) is 0 Å². The lowest BCUT2D eigenvalue weighted by molar-refractivity contribution is 0.688. The van der Waals surface area contributed by atoms with Crippen LogP contribution in [-0.2, 0) is 13.0 Å². The molecule has 0 spiro atoms. The number of imidazole rings is 1. The summed E-state index contributed by atoms with van der Waals surface area (Å²) in [5, 5.41) is 4.28. The van der Waals surface area contributed by atoms with Gasteiger partial charge in [0.1, 0.15) is 23.0 Å². The second kappa shape index (κ2) is 6.18. The lowest BCUT2D eigenvalue weighted by atomic mass is 10.1. The van der Waals surface area contributed by atoms with Gasteiger partial charge in [-0.2, -0.15) is 11.3 Å². The van der Waals surface area contributed by atoms with Crippen molar-refractivity contribution < 1.29 is 0 Å². The van der Waals surface area contributed by atoms with Gasteiger partial charge in [0, 0.05) is 12.1 Å². The molecule has 4 N–H and O–H groups in total. The summed E-state index contributed by atoms with van der Waals surface area (Å²) in [5.41, 5.74) is 16.4. The van der Waals surface area contributed by atoms with Gasteiger partial charge in [0.2, 0.25) is 0 Å². The zero-order chi connectivity index (χ0) is 17.4. The van der Waals surface area contributed by atoms with E-state index in [9.17, 15) is 0 Å². The van der Waals surface area contributed by atoms with Crippen LogP contribution in [0.5, 0.6) is 0 Å². The Morgan fingerprint density at radius 3 is 2.56 bits per heavy atom. The standard InChI is InChI=1S/C18H18N6S/c1-11-21-15-3-2-14(13-8-16(19)23-17(20)9-13)22-18(15)24(11)6-4-12-5-7-25-10-12/h2-3,5,7-10H,4,6H2,1H3,(H4,19,20,23). The molecule has 0 aliphatic rings. The minimum absolute atomic E-state index is 0.388. The highest BCUT2D eigenvalue weighted by molar-refractivity contribution is 7.07. The Morgan fingerprint density at radius 2 is 1.84 bits per heavy atom. The van der Waals surface area contributed by atoms with E-state index in [1.807, 2.05) is 19.1 Å². The fraction of sp³-hybridized carbons (Fsp3) is 0.167. The van der Waals surface area contributed by atoms with Crippen molar-refractivity contribution >= 4 is 34.1 Å². The maximum atomic E-state index is 5.81. The number of thiophene rings is 1. The van der Waals surface area contributed by atoms with Crippen molar-refractivity contribution in [2.45, 2.75) is 19.9 Å². The zero-order valence-corrected chi connectivity index (χ0v) is 14.6. The Bertz CT molecular complexity index is 1020. The molecule has 0 atom stereocenters. The van der Waals surface area contributed by atoms with E-state index in [0.29, 0.717) is 11.6 Å². The van der Waals surface area contributed by atoms with E-state index in [4.69, 9.17) is 16.5 Å².